The van der Waals surface area contributed by atoms with Crippen LogP contribution in [0.2, 0.25) is 0 Å². The average molecular weight is 459 g/mol. The molecule has 8 heteroatoms. The minimum atomic E-state index is -1.22. The summed E-state index contributed by atoms with van der Waals surface area (Å²) in [6, 6.07) is 3.16. The molecule has 0 fully saturated rings. The van der Waals surface area contributed by atoms with Gasteiger partial charge < -0.3 is 20.4 Å². The quantitative estimate of drug-likeness (QED) is 0.275. The number of carbonyl (C=O) groups is 2. The van der Waals surface area contributed by atoms with Gasteiger partial charge in [0.25, 0.3) is 0 Å². The summed E-state index contributed by atoms with van der Waals surface area (Å²) in [5.41, 5.74) is 1.29. The zero-order chi connectivity index (χ0) is 22.5. The number of rotatable bonds is 16. The summed E-state index contributed by atoms with van der Waals surface area (Å²) >= 11 is 3.47. The third-order valence-electron chi connectivity index (χ3n) is 4.66. The van der Waals surface area contributed by atoms with E-state index in [0.29, 0.717) is 18.4 Å². The summed E-state index contributed by atoms with van der Waals surface area (Å²) in [4.78, 5) is 23.4. The van der Waals surface area contributed by atoms with Gasteiger partial charge in [-0.25, -0.2) is 9.59 Å². The molecule has 1 aromatic rings. The van der Waals surface area contributed by atoms with Crippen LogP contribution in [0.5, 0.6) is 0 Å². The zero-order valence-corrected chi connectivity index (χ0v) is 19.4. The van der Waals surface area contributed by atoms with E-state index in [0.717, 1.165) is 54.3 Å². The van der Waals surface area contributed by atoms with Gasteiger partial charge in [0.15, 0.2) is 0 Å². The summed E-state index contributed by atoms with van der Waals surface area (Å²) in [7, 11) is 0. The second-order valence-corrected chi connectivity index (χ2v) is 9.89. The first kappa shape index (κ1) is 26.8. The predicted octanol–water partition coefficient (Wildman–Crippen LogP) is 3.96. The maximum Gasteiger partial charge on any atom is 0.336 e. The van der Waals surface area contributed by atoms with Crippen LogP contribution in [0.25, 0.3) is 0 Å². The van der Waals surface area contributed by atoms with Crippen LogP contribution in [0.1, 0.15) is 71.4 Å². The monoisotopic (exact) mass is 458 g/mol. The Balaban J connectivity index is 2.81. The lowest BCUT2D eigenvalue weighted by Crippen LogP contribution is -2.14. The fourth-order valence-corrected chi connectivity index (χ4v) is 5.18. The molecule has 0 aliphatic heterocycles. The van der Waals surface area contributed by atoms with Crippen LogP contribution in [-0.2, 0) is 12.8 Å². The average Bonchev–Trinajstić information content (AvgIpc) is 2.66. The zero-order valence-electron chi connectivity index (χ0n) is 17.8. The van der Waals surface area contributed by atoms with Gasteiger partial charge in [-0.05, 0) is 92.6 Å². The van der Waals surface area contributed by atoms with Crippen molar-refractivity contribution in [2.45, 2.75) is 64.6 Å². The minimum absolute atomic E-state index is 0.0873. The van der Waals surface area contributed by atoms with Crippen LogP contribution in [-0.4, -0.2) is 67.6 Å². The van der Waals surface area contributed by atoms with Gasteiger partial charge in [-0.1, -0.05) is 6.07 Å². The lowest BCUT2D eigenvalue weighted by Gasteiger charge is -2.15. The number of carboxylic acid groups (broad SMARTS) is 2. The van der Waals surface area contributed by atoms with E-state index in [1.54, 1.807) is 43.4 Å². The van der Waals surface area contributed by atoms with Crippen molar-refractivity contribution in [3.05, 3.63) is 34.4 Å². The van der Waals surface area contributed by atoms with E-state index in [1.807, 2.05) is 0 Å². The molecule has 0 radical (unpaired) electrons. The SMILES string of the molecule is CC(O)CCSCCCc1ccc(C(=O)O)c(C(=O)O)c1CCCSCCC(C)O. The number of carboxylic acids is 2. The Bertz CT molecular complexity index is 676. The van der Waals surface area contributed by atoms with E-state index in [4.69, 9.17) is 0 Å². The van der Waals surface area contributed by atoms with Crippen LogP contribution in [0.15, 0.2) is 12.1 Å². The van der Waals surface area contributed by atoms with Crippen molar-refractivity contribution >= 4 is 35.5 Å². The van der Waals surface area contributed by atoms with Crippen molar-refractivity contribution in [3.63, 3.8) is 0 Å². The van der Waals surface area contributed by atoms with Gasteiger partial charge in [0.2, 0.25) is 0 Å². The van der Waals surface area contributed by atoms with Crippen molar-refractivity contribution in [2.75, 3.05) is 23.0 Å². The fourth-order valence-electron chi connectivity index (χ4n) is 3.06. The molecule has 4 N–H and O–H groups in total. The van der Waals surface area contributed by atoms with Gasteiger partial charge in [0, 0.05) is 0 Å². The molecule has 2 unspecified atom stereocenters. The lowest BCUT2D eigenvalue weighted by atomic mass is 9.91. The molecule has 0 saturated carbocycles. The lowest BCUT2D eigenvalue weighted by molar-refractivity contribution is 0.0650. The first-order chi connectivity index (χ1) is 14.2. The van der Waals surface area contributed by atoms with Crippen LogP contribution < -0.4 is 0 Å². The van der Waals surface area contributed by atoms with Gasteiger partial charge in [0.05, 0.1) is 23.3 Å². The summed E-state index contributed by atoms with van der Waals surface area (Å²) in [6.07, 6.45) is 3.69. The highest BCUT2D eigenvalue weighted by atomic mass is 32.2. The maximum atomic E-state index is 11.9. The Morgan fingerprint density at radius 3 is 1.83 bits per heavy atom. The Kier molecular flexibility index (Phi) is 13.2. The van der Waals surface area contributed by atoms with Gasteiger partial charge in [0.1, 0.15) is 0 Å². The predicted molar refractivity (Wildman–Crippen MR) is 124 cm³/mol. The standard InChI is InChI=1S/C22H34O6S2/c1-15(23)9-13-29-11-3-5-17-7-8-19(21(25)26)20(22(27)28)18(17)6-4-12-30-14-10-16(2)24/h7-8,15-16,23-24H,3-6,9-14H2,1-2H3,(H,25,26)(H,27,28). The molecule has 0 aliphatic rings. The number of hydrogen-bond acceptors (Lipinski definition) is 6. The molecule has 30 heavy (non-hydrogen) atoms. The Morgan fingerprint density at radius 2 is 1.37 bits per heavy atom. The third kappa shape index (κ3) is 10.2. The van der Waals surface area contributed by atoms with E-state index in [1.165, 1.54) is 6.07 Å². The van der Waals surface area contributed by atoms with Crippen molar-refractivity contribution in [1.29, 1.82) is 0 Å². The third-order valence-corrected chi connectivity index (χ3v) is 6.87. The smallest absolute Gasteiger partial charge is 0.336 e. The number of aryl methyl sites for hydroxylation is 1. The van der Waals surface area contributed by atoms with E-state index >= 15 is 0 Å². The van der Waals surface area contributed by atoms with Crippen molar-refractivity contribution < 1.29 is 30.0 Å². The van der Waals surface area contributed by atoms with Crippen LogP contribution >= 0.6 is 23.5 Å². The topological polar surface area (TPSA) is 115 Å². The maximum absolute atomic E-state index is 11.9. The summed E-state index contributed by atoms with van der Waals surface area (Å²) in [6.45, 7) is 3.53. The Labute approximate surface area is 187 Å². The van der Waals surface area contributed by atoms with E-state index < -0.39 is 11.9 Å². The first-order valence-corrected chi connectivity index (χ1v) is 12.7. The van der Waals surface area contributed by atoms with E-state index in [9.17, 15) is 30.0 Å². The minimum Gasteiger partial charge on any atom is -0.478 e. The van der Waals surface area contributed by atoms with E-state index in [2.05, 4.69) is 0 Å². The molecule has 2 atom stereocenters. The fraction of sp³-hybridized carbons (Fsp3) is 0.636. The number of benzene rings is 1. The second kappa shape index (κ2) is 14.7. The summed E-state index contributed by atoms with van der Waals surface area (Å²) in [5.74, 6) is 1.04. The highest BCUT2D eigenvalue weighted by Crippen LogP contribution is 2.24. The molecule has 170 valence electrons. The summed E-state index contributed by atoms with van der Waals surface area (Å²) < 4.78 is 0. The molecule has 0 aromatic heterocycles. The van der Waals surface area contributed by atoms with Crippen LogP contribution in [0.3, 0.4) is 0 Å². The number of aromatic carboxylic acids is 2. The molecular formula is C22H34O6S2. The Morgan fingerprint density at radius 1 is 0.833 bits per heavy atom. The van der Waals surface area contributed by atoms with Crippen LogP contribution in [0.4, 0.5) is 0 Å². The molecular weight excluding hydrogens is 424 g/mol. The van der Waals surface area contributed by atoms with Gasteiger partial charge in [-0.2, -0.15) is 23.5 Å². The van der Waals surface area contributed by atoms with Gasteiger partial charge >= 0.3 is 11.9 Å². The van der Waals surface area contributed by atoms with Gasteiger partial charge in [-0.3, -0.25) is 0 Å². The van der Waals surface area contributed by atoms with Crippen molar-refractivity contribution in [2.24, 2.45) is 0 Å². The molecule has 0 bridgehead atoms. The van der Waals surface area contributed by atoms with Gasteiger partial charge in [-0.15, -0.1) is 0 Å². The number of aliphatic hydroxyl groups excluding tert-OH is 2. The van der Waals surface area contributed by atoms with Crippen molar-refractivity contribution in [1.82, 2.24) is 0 Å². The molecule has 0 aliphatic carbocycles. The highest BCUT2D eigenvalue weighted by molar-refractivity contribution is 7.99. The molecule has 1 rings (SSSR count). The molecule has 0 heterocycles. The number of aliphatic hydroxyl groups is 2. The second-order valence-electron chi connectivity index (χ2n) is 7.44. The molecule has 0 spiro atoms. The molecule has 1 aromatic carbocycles. The molecule has 6 nitrogen and oxygen atoms in total. The van der Waals surface area contributed by atoms with Crippen LogP contribution in [0, 0.1) is 0 Å². The largest absolute Gasteiger partial charge is 0.478 e. The molecule has 0 amide bonds. The highest BCUT2D eigenvalue weighted by Gasteiger charge is 2.22. The molecule has 0 saturated heterocycles. The number of thioether (sulfide) groups is 2. The first-order valence-electron chi connectivity index (χ1n) is 10.4. The van der Waals surface area contributed by atoms with Crippen molar-refractivity contribution in [3.8, 4) is 0 Å². The van der Waals surface area contributed by atoms with E-state index in [-0.39, 0.29) is 23.3 Å². The normalized spacial score (nSPS) is 13.2. The Hall–Kier alpha value is -1.22. The summed E-state index contributed by atoms with van der Waals surface area (Å²) in [5, 5.41) is 37.7. The number of hydrogen-bond donors (Lipinski definition) is 4.